The topological polar surface area (TPSA) is 29.3 Å². The van der Waals surface area contributed by atoms with Crippen LogP contribution in [0.15, 0.2) is 42.5 Å². The van der Waals surface area contributed by atoms with E-state index in [1.54, 1.807) is 12.1 Å². The van der Waals surface area contributed by atoms with Gasteiger partial charge < -0.3 is 10.6 Å². The van der Waals surface area contributed by atoms with Crippen LogP contribution in [0.1, 0.15) is 11.1 Å². The predicted octanol–water partition coefficient (Wildman–Crippen LogP) is 3.40. The molecule has 0 saturated heterocycles. The van der Waals surface area contributed by atoms with E-state index in [2.05, 4.69) is 6.07 Å². The number of rotatable bonds is 4. The first-order valence-corrected chi connectivity index (χ1v) is 6.41. The first-order chi connectivity index (χ1) is 9.13. The minimum atomic E-state index is -0.218. The third kappa shape index (κ3) is 2.93. The van der Waals surface area contributed by atoms with Gasteiger partial charge in [0.15, 0.2) is 0 Å². The molecule has 2 aromatic carbocycles. The van der Waals surface area contributed by atoms with Gasteiger partial charge in [0.25, 0.3) is 0 Å². The summed E-state index contributed by atoms with van der Waals surface area (Å²) in [6.07, 6.45) is 0.788. The van der Waals surface area contributed by atoms with Crippen molar-refractivity contribution in [2.24, 2.45) is 5.73 Å². The second-order valence-electron chi connectivity index (χ2n) is 4.68. The summed E-state index contributed by atoms with van der Waals surface area (Å²) in [7, 11) is 1.88. The number of halogens is 1. The zero-order valence-electron chi connectivity index (χ0n) is 11.4. The lowest BCUT2D eigenvalue weighted by Crippen LogP contribution is -2.15. The highest BCUT2D eigenvalue weighted by molar-refractivity contribution is 5.66. The molecular weight excluding hydrogens is 239 g/mol. The summed E-state index contributed by atoms with van der Waals surface area (Å²) in [5, 5.41) is 0. The molecule has 0 radical (unpaired) electrons. The SMILES string of the molecule is Cc1ccc(N(C)c2ccccc2F)c(CCN)c1. The molecule has 0 aliphatic carbocycles. The maximum Gasteiger partial charge on any atom is 0.146 e. The zero-order chi connectivity index (χ0) is 13.8. The fraction of sp³-hybridized carbons (Fsp3) is 0.250. The van der Waals surface area contributed by atoms with Crippen LogP contribution >= 0.6 is 0 Å². The molecule has 0 amide bonds. The predicted molar refractivity (Wildman–Crippen MR) is 78.4 cm³/mol. The average molecular weight is 258 g/mol. The van der Waals surface area contributed by atoms with Crippen LogP contribution in [-0.4, -0.2) is 13.6 Å². The molecule has 0 bridgehead atoms. The third-order valence-corrected chi connectivity index (χ3v) is 3.22. The highest BCUT2D eigenvalue weighted by Crippen LogP contribution is 2.29. The zero-order valence-corrected chi connectivity index (χ0v) is 11.4. The van der Waals surface area contributed by atoms with Crippen molar-refractivity contribution in [3.63, 3.8) is 0 Å². The molecule has 2 rings (SSSR count). The number of benzene rings is 2. The molecule has 2 nitrogen and oxygen atoms in total. The summed E-state index contributed by atoms with van der Waals surface area (Å²) < 4.78 is 13.9. The molecule has 0 spiro atoms. The lowest BCUT2D eigenvalue weighted by Gasteiger charge is -2.23. The second-order valence-corrected chi connectivity index (χ2v) is 4.68. The molecule has 100 valence electrons. The number of nitrogens with zero attached hydrogens (tertiary/aromatic N) is 1. The number of anilines is 2. The van der Waals surface area contributed by atoms with E-state index in [1.807, 2.05) is 37.1 Å². The van der Waals surface area contributed by atoms with E-state index in [0.29, 0.717) is 12.2 Å². The minimum absolute atomic E-state index is 0.218. The molecule has 0 unspecified atom stereocenters. The van der Waals surface area contributed by atoms with Gasteiger partial charge in [-0.25, -0.2) is 4.39 Å². The lowest BCUT2D eigenvalue weighted by atomic mass is 10.0. The second kappa shape index (κ2) is 5.85. The van der Waals surface area contributed by atoms with Crippen molar-refractivity contribution in [3.05, 3.63) is 59.4 Å². The van der Waals surface area contributed by atoms with Crippen LogP contribution in [0, 0.1) is 12.7 Å². The summed E-state index contributed by atoms with van der Waals surface area (Å²) >= 11 is 0. The van der Waals surface area contributed by atoms with Crippen LogP contribution in [0.3, 0.4) is 0 Å². The number of aryl methyl sites for hydroxylation is 1. The molecule has 0 aliphatic heterocycles. The molecule has 0 atom stereocenters. The summed E-state index contributed by atoms with van der Waals surface area (Å²) in [6.45, 7) is 2.63. The van der Waals surface area contributed by atoms with Crippen molar-refractivity contribution in [3.8, 4) is 0 Å². The highest BCUT2D eigenvalue weighted by Gasteiger charge is 2.12. The monoisotopic (exact) mass is 258 g/mol. The summed E-state index contributed by atoms with van der Waals surface area (Å²) in [6, 6.07) is 13.0. The number of nitrogens with two attached hydrogens (primary N) is 1. The molecule has 19 heavy (non-hydrogen) atoms. The van der Waals surface area contributed by atoms with Gasteiger partial charge in [-0.2, -0.15) is 0 Å². The molecule has 0 fully saturated rings. The van der Waals surface area contributed by atoms with Crippen molar-refractivity contribution in [1.82, 2.24) is 0 Å². The first kappa shape index (κ1) is 13.6. The first-order valence-electron chi connectivity index (χ1n) is 6.41. The van der Waals surface area contributed by atoms with Crippen molar-refractivity contribution < 1.29 is 4.39 Å². The Balaban J connectivity index is 2.43. The van der Waals surface area contributed by atoms with E-state index in [4.69, 9.17) is 5.73 Å². The number of hydrogen-bond donors (Lipinski definition) is 1. The normalized spacial score (nSPS) is 10.5. The number of para-hydroxylation sites is 1. The van der Waals surface area contributed by atoms with Gasteiger partial charge in [0.1, 0.15) is 5.82 Å². The fourth-order valence-electron chi connectivity index (χ4n) is 2.25. The Morgan fingerprint density at radius 3 is 2.53 bits per heavy atom. The van der Waals surface area contributed by atoms with E-state index < -0.39 is 0 Å². The van der Waals surface area contributed by atoms with Crippen LogP contribution in [0.4, 0.5) is 15.8 Å². The molecule has 2 aromatic rings. The Hall–Kier alpha value is -1.87. The third-order valence-electron chi connectivity index (χ3n) is 3.22. The maximum atomic E-state index is 13.9. The van der Waals surface area contributed by atoms with Gasteiger partial charge in [-0.15, -0.1) is 0 Å². The van der Waals surface area contributed by atoms with E-state index in [9.17, 15) is 4.39 Å². The average Bonchev–Trinajstić information content (AvgIpc) is 2.39. The minimum Gasteiger partial charge on any atom is -0.342 e. The van der Waals surface area contributed by atoms with E-state index in [1.165, 1.54) is 11.6 Å². The molecule has 0 aromatic heterocycles. The molecule has 0 heterocycles. The van der Waals surface area contributed by atoms with E-state index in [-0.39, 0.29) is 5.82 Å². The Kier molecular flexibility index (Phi) is 4.17. The van der Waals surface area contributed by atoms with Crippen molar-refractivity contribution in [1.29, 1.82) is 0 Å². The van der Waals surface area contributed by atoms with Gasteiger partial charge in [0.05, 0.1) is 5.69 Å². The largest absolute Gasteiger partial charge is 0.342 e. The van der Waals surface area contributed by atoms with Crippen LogP contribution < -0.4 is 10.6 Å². The fourth-order valence-corrected chi connectivity index (χ4v) is 2.25. The maximum absolute atomic E-state index is 13.9. The Morgan fingerprint density at radius 1 is 1.11 bits per heavy atom. The van der Waals surface area contributed by atoms with Crippen LogP contribution in [0.25, 0.3) is 0 Å². The molecule has 0 aliphatic rings. The Labute approximate surface area is 113 Å². The van der Waals surface area contributed by atoms with Crippen LogP contribution in [-0.2, 0) is 6.42 Å². The number of hydrogen-bond acceptors (Lipinski definition) is 2. The van der Waals surface area contributed by atoms with E-state index >= 15 is 0 Å². The van der Waals surface area contributed by atoms with Gasteiger partial charge in [-0.05, 0) is 43.7 Å². The quantitative estimate of drug-likeness (QED) is 0.910. The lowest BCUT2D eigenvalue weighted by molar-refractivity contribution is 0.627. The molecule has 2 N–H and O–H groups in total. The van der Waals surface area contributed by atoms with Gasteiger partial charge >= 0.3 is 0 Å². The van der Waals surface area contributed by atoms with E-state index in [0.717, 1.165) is 17.7 Å². The van der Waals surface area contributed by atoms with Gasteiger partial charge in [-0.1, -0.05) is 29.8 Å². The van der Waals surface area contributed by atoms with Crippen molar-refractivity contribution in [2.75, 3.05) is 18.5 Å². The van der Waals surface area contributed by atoms with Crippen molar-refractivity contribution >= 4 is 11.4 Å². The highest BCUT2D eigenvalue weighted by atomic mass is 19.1. The molecule has 0 saturated carbocycles. The van der Waals surface area contributed by atoms with Gasteiger partial charge in [0.2, 0.25) is 0 Å². The van der Waals surface area contributed by atoms with Crippen molar-refractivity contribution in [2.45, 2.75) is 13.3 Å². The van der Waals surface area contributed by atoms with Gasteiger partial charge in [-0.3, -0.25) is 0 Å². The standard InChI is InChI=1S/C16H19FN2/c1-12-7-8-15(13(11-12)9-10-18)19(2)16-6-4-3-5-14(16)17/h3-8,11H,9-10,18H2,1-2H3. The molecular formula is C16H19FN2. The Bertz CT molecular complexity index is 566. The summed E-state index contributed by atoms with van der Waals surface area (Å²) in [5.41, 5.74) is 9.57. The summed E-state index contributed by atoms with van der Waals surface area (Å²) in [5.74, 6) is -0.218. The molecule has 3 heteroatoms. The van der Waals surface area contributed by atoms with Crippen LogP contribution in [0.2, 0.25) is 0 Å². The van der Waals surface area contributed by atoms with Gasteiger partial charge in [0, 0.05) is 12.7 Å². The smallest absolute Gasteiger partial charge is 0.146 e. The van der Waals surface area contributed by atoms with Crippen LogP contribution in [0.5, 0.6) is 0 Å². The Morgan fingerprint density at radius 2 is 1.84 bits per heavy atom. The summed E-state index contributed by atoms with van der Waals surface area (Å²) in [4.78, 5) is 1.87.